The summed E-state index contributed by atoms with van der Waals surface area (Å²) in [5.41, 5.74) is 2.22. The molecule has 1 saturated heterocycles. The summed E-state index contributed by atoms with van der Waals surface area (Å²) >= 11 is 0. The normalized spacial score (nSPS) is 25.2. The Morgan fingerprint density at radius 3 is 2.57 bits per heavy atom. The molecule has 1 aromatic carbocycles. The molecule has 2 amide bonds. The average Bonchev–Trinajstić information content (AvgIpc) is 3.25. The Bertz CT molecular complexity index is 548. The molecule has 1 heterocycles. The topological polar surface area (TPSA) is 49.4 Å². The summed E-state index contributed by atoms with van der Waals surface area (Å²) in [5, 5.41) is 3.02. The molecule has 0 aromatic heterocycles. The van der Waals surface area contributed by atoms with Crippen molar-refractivity contribution in [2.45, 2.75) is 32.2 Å². The van der Waals surface area contributed by atoms with E-state index in [2.05, 4.69) is 5.32 Å². The Hall–Kier alpha value is -1.84. The number of aryl methyl sites for hydroxylation is 1. The van der Waals surface area contributed by atoms with Crippen LogP contribution in [0.1, 0.15) is 36.4 Å². The molecule has 4 nitrogen and oxygen atoms in total. The van der Waals surface area contributed by atoms with Crippen molar-refractivity contribution in [1.82, 2.24) is 10.2 Å². The van der Waals surface area contributed by atoms with Crippen molar-refractivity contribution in [3.8, 4) is 0 Å². The second-order valence-corrected chi connectivity index (χ2v) is 6.36. The van der Waals surface area contributed by atoms with Crippen molar-refractivity contribution in [2.75, 3.05) is 13.6 Å². The number of amides is 2. The van der Waals surface area contributed by atoms with E-state index >= 15 is 0 Å². The molecule has 1 aliphatic heterocycles. The third-order valence-corrected chi connectivity index (χ3v) is 4.60. The van der Waals surface area contributed by atoms with Gasteiger partial charge in [0.05, 0.1) is 12.0 Å². The van der Waals surface area contributed by atoms with Gasteiger partial charge in [-0.05, 0) is 31.2 Å². The number of carbonyl (C=O) groups is 2. The second-order valence-electron chi connectivity index (χ2n) is 6.36. The summed E-state index contributed by atoms with van der Waals surface area (Å²) < 4.78 is 0. The summed E-state index contributed by atoms with van der Waals surface area (Å²) in [5.74, 6) is 0.447. The van der Waals surface area contributed by atoms with Gasteiger partial charge in [0, 0.05) is 20.0 Å². The zero-order valence-corrected chi connectivity index (χ0v) is 12.6. The molecule has 2 fully saturated rings. The van der Waals surface area contributed by atoms with Crippen LogP contribution in [0.15, 0.2) is 24.3 Å². The van der Waals surface area contributed by atoms with Crippen LogP contribution in [0.4, 0.5) is 0 Å². The van der Waals surface area contributed by atoms with Gasteiger partial charge in [0.2, 0.25) is 11.8 Å². The first-order chi connectivity index (χ1) is 10.1. The zero-order chi connectivity index (χ0) is 15.0. The minimum atomic E-state index is -0.274. The minimum absolute atomic E-state index is 0.0187. The van der Waals surface area contributed by atoms with Crippen LogP contribution >= 0.6 is 0 Å². The molecule has 3 rings (SSSR count). The minimum Gasteiger partial charge on any atom is -0.355 e. The summed E-state index contributed by atoms with van der Waals surface area (Å²) in [6, 6.07) is 7.97. The highest BCUT2D eigenvalue weighted by Crippen LogP contribution is 2.37. The predicted molar refractivity (Wildman–Crippen MR) is 80.5 cm³/mol. The number of hydrogen-bond acceptors (Lipinski definition) is 2. The quantitative estimate of drug-likeness (QED) is 0.921. The fourth-order valence-corrected chi connectivity index (χ4v) is 3.02. The molecule has 0 radical (unpaired) electrons. The number of rotatable bonds is 4. The van der Waals surface area contributed by atoms with E-state index in [-0.39, 0.29) is 23.8 Å². The van der Waals surface area contributed by atoms with E-state index in [1.165, 1.54) is 18.4 Å². The first-order valence-corrected chi connectivity index (χ1v) is 7.66. The fourth-order valence-electron chi connectivity index (χ4n) is 3.02. The number of benzene rings is 1. The highest BCUT2D eigenvalue weighted by Gasteiger charge is 2.42. The molecular formula is C17H22N2O2. The van der Waals surface area contributed by atoms with E-state index in [0.717, 1.165) is 12.1 Å². The molecule has 0 spiro atoms. The van der Waals surface area contributed by atoms with Crippen LogP contribution in [-0.2, 0) is 9.59 Å². The lowest BCUT2D eigenvalue weighted by molar-refractivity contribution is -0.128. The van der Waals surface area contributed by atoms with E-state index in [9.17, 15) is 9.59 Å². The summed E-state index contributed by atoms with van der Waals surface area (Å²) in [6.07, 6.45) is 2.74. The van der Waals surface area contributed by atoms with Crippen LogP contribution in [0.3, 0.4) is 0 Å². The third kappa shape index (κ3) is 2.94. The van der Waals surface area contributed by atoms with Gasteiger partial charge in [0.1, 0.15) is 0 Å². The SMILES string of the molecule is Cc1ccc(C2C(C(=O)NCC3CC3)CC(=O)N2C)cc1. The van der Waals surface area contributed by atoms with Crippen molar-refractivity contribution in [2.24, 2.45) is 11.8 Å². The number of hydrogen-bond donors (Lipinski definition) is 1. The molecule has 1 N–H and O–H groups in total. The van der Waals surface area contributed by atoms with E-state index < -0.39 is 0 Å². The molecule has 2 atom stereocenters. The molecule has 1 aliphatic carbocycles. The second kappa shape index (κ2) is 5.51. The van der Waals surface area contributed by atoms with E-state index in [1.54, 1.807) is 11.9 Å². The Kier molecular flexibility index (Phi) is 3.70. The lowest BCUT2D eigenvalue weighted by atomic mass is 9.92. The molecule has 112 valence electrons. The number of carbonyl (C=O) groups excluding carboxylic acids is 2. The van der Waals surface area contributed by atoms with Crippen LogP contribution in [0, 0.1) is 18.8 Å². The first-order valence-electron chi connectivity index (χ1n) is 7.66. The van der Waals surface area contributed by atoms with Crippen molar-refractivity contribution in [3.63, 3.8) is 0 Å². The van der Waals surface area contributed by atoms with Crippen LogP contribution in [0.25, 0.3) is 0 Å². The summed E-state index contributed by atoms with van der Waals surface area (Å²) in [6.45, 7) is 2.79. The average molecular weight is 286 g/mol. The lowest BCUT2D eigenvalue weighted by Crippen LogP contribution is -2.35. The molecule has 21 heavy (non-hydrogen) atoms. The number of nitrogens with one attached hydrogen (secondary N) is 1. The number of nitrogens with zero attached hydrogens (tertiary/aromatic N) is 1. The van der Waals surface area contributed by atoms with Gasteiger partial charge in [0.25, 0.3) is 0 Å². The maximum absolute atomic E-state index is 12.4. The largest absolute Gasteiger partial charge is 0.355 e. The van der Waals surface area contributed by atoms with Gasteiger partial charge in [0.15, 0.2) is 0 Å². The Labute approximate surface area is 125 Å². The van der Waals surface area contributed by atoms with Crippen LogP contribution in [0.5, 0.6) is 0 Å². The fraction of sp³-hybridized carbons (Fsp3) is 0.529. The van der Waals surface area contributed by atoms with Gasteiger partial charge in [-0.1, -0.05) is 29.8 Å². The van der Waals surface area contributed by atoms with Gasteiger partial charge in [-0.3, -0.25) is 9.59 Å². The third-order valence-electron chi connectivity index (χ3n) is 4.60. The number of likely N-dealkylation sites (tertiary alicyclic amines) is 1. The maximum atomic E-state index is 12.4. The van der Waals surface area contributed by atoms with Crippen LogP contribution < -0.4 is 5.32 Å². The summed E-state index contributed by atoms with van der Waals surface area (Å²) in [7, 11) is 1.79. The van der Waals surface area contributed by atoms with E-state index in [1.807, 2.05) is 31.2 Å². The molecular weight excluding hydrogens is 264 g/mol. The van der Waals surface area contributed by atoms with Gasteiger partial charge < -0.3 is 10.2 Å². The standard InChI is InChI=1S/C17H22N2O2/c1-11-3-7-13(8-4-11)16-14(9-15(20)19(16)2)17(21)18-10-12-5-6-12/h3-4,7-8,12,14,16H,5-6,9-10H2,1-2H3,(H,18,21). The molecule has 1 aromatic rings. The highest BCUT2D eigenvalue weighted by atomic mass is 16.2. The van der Waals surface area contributed by atoms with Crippen LogP contribution in [0.2, 0.25) is 0 Å². The van der Waals surface area contributed by atoms with Gasteiger partial charge in [-0.25, -0.2) is 0 Å². The molecule has 2 aliphatic rings. The van der Waals surface area contributed by atoms with E-state index in [4.69, 9.17) is 0 Å². The molecule has 1 saturated carbocycles. The molecule has 4 heteroatoms. The zero-order valence-electron chi connectivity index (χ0n) is 12.6. The monoisotopic (exact) mass is 286 g/mol. The van der Waals surface area contributed by atoms with Crippen molar-refractivity contribution < 1.29 is 9.59 Å². The van der Waals surface area contributed by atoms with Crippen molar-refractivity contribution >= 4 is 11.8 Å². The molecule has 2 unspecified atom stereocenters. The Morgan fingerprint density at radius 1 is 1.29 bits per heavy atom. The van der Waals surface area contributed by atoms with Gasteiger partial charge in [-0.15, -0.1) is 0 Å². The first kappa shape index (κ1) is 14.1. The smallest absolute Gasteiger partial charge is 0.226 e. The molecule has 0 bridgehead atoms. The maximum Gasteiger partial charge on any atom is 0.226 e. The van der Waals surface area contributed by atoms with Gasteiger partial charge >= 0.3 is 0 Å². The van der Waals surface area contributed by atoms with Crippen molar-refractivity contribution in [3.05, 3.63) is 35.4 Å². The van der Waals surface area contributed by atoms with Crippen LogP contribution in [-0.4, -0.2) is 30.3 Å². The van der Waals surface area contributed by atoms with Gasteiger partial charge in [-0.2, -0.15) is 0 Å². The highest BCUT2D eigenvalue weighted by molar-refractivity contribution is 5.90. The Morgan fingerprint density at radius 2 is 1.95 bits per heavy atom. The van der Waals surface area contributed by atoms with Crippen molar-refractivity contribution in [1.29, 1.82) is 0 Å². The predicted octanol–water partition coefficient (Wildman–Crippen LogP) is 2.04. The lowest BCUT2D eigenvalue weighted by Gasteiger charge is -2.25. The Balaban J connectivity index is 1.78. The van der Waals surface area contributed by atoms with E-state index in [0.29, 0.717) is 12.3 Å². The summed E-state index contributed by atoms with van der Waals surface area (Å²) in [4.78, 5) is 26.2.